The molecule has 0 spiro atoms. The lowest BCUT2D eigenvalue weighted by Gasteiger charge is -2.12. The molecular formula is C12H11NO3. The van der Waals surface area contributed by atoms with E-state index in [1.807, 2.05) is 0 Å². The molecule has 0 heterocycles. The first-order valence-corrected chi connectivity index (χ1v) is 4.66. The third-order valence-corrected chi connectivity index (χ3v) is 1.89. The zero-order valence-electron chi connectivity index (χ0n) is 8.73. The van der Waals surface area contributed by atoms with Crippen molar-refractivity contribution in [3.8, 4) is 11.8 Å². The SMILES string of the molecule is CC#CC(=O)N[C@@H](C(=O)O)c1ccccc1. The number of hydrogen-bond acceptors (Lipinski definition) is 2. The van der Waals surface area contributed by atoms with Crippen molar-refractivity contribution in [2.24, 2.45) is 0 Å². The van der Waals surface area contributed by atoms with E-state index in [0.717, 1.165) is 0 Å². The maximum atomic E-state index is 11.2. The number of rotatable bonds is 3. The Kier molecular flexibility index (Phi) is 4.10. The predicted octanol–water partition coefficient (Wildman–Crippen LogP) is 0.952. The summed E-state index contributed by atoms with van der Waals surface area (Å²) in [5.74, 6) is 2.93. The van der Waals surface area contributed by atoms with Crippen LogP contribution in [0.3, 0.4) is 0 Å². The normalized spacial score (nSPS) is 10.8. The molecule has 0 bridgehead atoms. The van der Waals surface area contributed by atoms with Gasteiger partial charge in [-0.1, -0.05) is 36.3 Å². The van der Waals surface area contributed by atoms with Crippen molar-refractivity contribution in [3.63, 3.8) is 0 Å². The van der Waals surface area contributed by atoms with Crippen LogP contribution in [0.2, 0.25) is 0 Å². The van der Waals surface area contributed by atoms with Gasteiger partial charge in [-0.25, -0.2) is 4.79 Å². The van der Waals surface area contributed by atoms with Crippen LogP contribution >= 0.6 is 0 Å². The van der Waals surface area contributed by atoms with Gasteiger partial charge in [-0.15, -0.1) is 0 Å². The lowest BCUT2D eigenvalue weighted by molar-refractivity contribution is -0.141. The third-order valence-electron chi connectivity index (χ3n) is 1.89. The van der Waals surface area contributed by atoms with Crippen LogP contribution < -0.4 is 5.32 Å². The fraction of sp³-hybridized carbons (Fsp3) is 0.167. The second-order valence-electron chi connectivity index (χ2n) is 3.03. The largest absolute Gasteiger partial charge is 0.479 e. The number of benzene rings is 1. The van der Waals surface area contributed by atoms with Gasteiger partial charge in [-0.05, 0) is 18.4 Å². The molecule has 0 saturated carbocycles. The highest BCUT2D eigenvalue weighted by molar-refractivity contribution is 5.96. The fourth-order valence-electron chi connectivity index (χ4n) is 1.21. The number of aliphatic carboxylic acids is 1. The first-order chi connectivity index (χ1) is 7.65. The molecule has 0 aliphatic rings. The predicted molar refractivity (Wildman–Crippen MR) is 58.4 cm³/mol. The minimum Gasteiger partial charge on any atom is -0.479 e. The minimum atomic E-state index is -1.11. The Bertz CT molecular complexity index is 442. The summed E-state index contributed by atoms with van der Waals surface area (Å²) in [5.41, 5.74) is 0.515. The van der Waals surface area contributed by atoms with Gasteiger partial charge < -0.3 is 10.4 Å². The van der Waals surface area contributed by atoms with E-state index >= 15 is 0 Å². The quantitative estimate of drug-likeness (QED) is 0.741. The van der Waals surface area contributed by atoms with Crippen LogP contribution in [0.5, 0.6) is 0 Å². The van der Waals surface area contributed by atoms with Gasteiger partial charge in [0.25, 0.3) is 5.91 Å². The molecular weight excluding hydrogens is 206 g/mol. The molecule has 0 unspecified atom stereocenters. The Hall–Kier alpha value is -2.28. The topological polar surface area (TPSA) is 66.4 Å². The summed E-state index contributed by atoms with van der Waals surface area (Å²) in [6, 6.07) is 7.41. The maximum absolute atomic E-state index is 11.2. The number of hydrogen-bond donors (Lipinski definition) is 2. The van der Waals surface area contributed by atoms with Gasteiger partial charge in [0.2, 0.25) is 0 Å². The first-order valence-electron chi connectivity index (χ1n) is 4.66. The second kappa shape index (κ2) is 5.56. The number of nitrogens with one attached hydrogen (secondary N) is 1. The van der Waals surface area contributed by atoms with Gasteiger partial charge in [-0.2, -0.15) is 0 Å². The Morgan fingerprint density at radius 2 is 1.94 bits per heavy atom. The molecule has 0 aromatic heterocycles. The highest BCUT2D eigenvalue weighted by Crippen LogP contribution is 2.12. The van der Waals surface area contributed by atoms with Crippen molar-refractivity contribution < 1.29 is 14.7 Å². The molecule has 0 saturated heterocycles. The van der Waals surface area contributed by atoms with Crippen LogP contribution in [0, 0.1) is 11.8 Å². The van der Waals surface area contributed by atoms with Crippen molar-refractivity contribution in [3.05, 3.63) is 35.9 Å². The van der Waals surface area contributed by atoms with E-state index in [9.17, 15) is 9.59 Å². The van der Waals surface area contributed by atoms with Gasteiger partial charge in [0.05, 0.1) is 0 Å². The number of carbonyl (C=O) groups is 2. The monoisotopic (exact) mass is 217 g/mol. The Morgan fingerprint density at radius 1 is 1.31 bits per heavy atom. The Balaban J connectivity index is 2.88. The van der Waals surface area contributed by atoms with Gasteiger partial charge in [0.15, 0.2) is 6.04 Å². The standard InChI is InChI=1S/C12H11NO3/c1-2-6-10(14)13-11(12(15)16)9-7-4-3-5-8-9/h3-5,7-8,11H,1H3,(H,13,14)(H,15,16)/t11-/m1/s1. The maximum Gasteiger partial charge on any atom is 0.330 e. The second-order valence-corrected chi connectivity index (χ2v) is 3.03. The minimum absolute atomic E-state index is 0.515. The Labute approximate surface area is 93.3 Å². The molecule has 0 radical (unpaired) electrons. The van der Waals surface area contributed by atoms with Crippen LogP contribution in [0.4, 0.5) is 0 Å². The van der Waals surface area contributed by atoms with E-state index in [2.05, 4.69) is 17.2 Å². The average Bonchev–Trinajstić information content (AvgIpc) is 2.27. The fourth-order valence-corrected chi connectivity index (χ4v) is 1.21. The Morgan fingerprint density at radius 3 is 2.44 bits per heavy atom. The molecule has 4 heteroatoms. The molecule has 0 fully saturated rings. The van der Waals surface area contributed by atoms with Gasteiger partial charge in [0.1, 0.15) is 0 Å². The molecule has 1 amide bonds. The molecule has 1 aromatic rings. The van der Waals surface area contributed by atoms with E-state index in [4.69, 9.17) is 5.11 Å². The number of carbonyl (C=O) groups excluding carboxylic acids is 1. The van der Waals surface area contributed by atoms with Crippen LogP contribution in [-0.4, -0.2) is 17.0 Å². The molecule has 1 rings (SSSR count). The molecule has 16 heavy (non-hydrogen) atoms. The van der Waals surface area contributed by atoms with Gasteiger partial charge in [0, 0.05) is 0 Å². The lowest BCUT2D eigenvalue weighted by Crippen LogP contribution is -2.32. The highest BCUT2D eigenvalue weighted by atomic mass is 16.4. The number of carboxylic acids is 1. The van der Waals surface area contributed by atoms with Gasteiger partial charge in [-0.3, -0.25) is 4.79 Å². The summed E-state index contributed by atoms with van der Waals surface area (Å²) < 4.78 is 0. The summed E-state index contributed by atoms with van der Waals surface area (Å²) in [7, 11) is 0. The highest BCUT2D eigenvalue weighted by Gasteiger charge is 2.20. The van der Waals surface area contributed by atoms with E-state index in [1.54, 1.807) is 30.3 Å². The van der Waals surface area contributed by atoms with Crippen molar-refractivity contribution in [2.45, 2.75) is 13.0 Å². The zero-order chi connectivity index (χ0) is 12.0. The summed E-state index contributed by atoms with van der Waals surface area (Å²) in [5, 5.41) is 11.3. The molecule has 82 valence electrons. The average molecular weight is 217 g/mol. The first kappa shape index (κ1) is 11.8. The molecule has 1 atom stereocenters. The smallest absolute Gasteiger partial charge is 0.330 e. The van der Waals surface area contributed by atoms with Crippen molar-refractivity contribution in [1.29, 1.82) is 0 Å². The zero-order valence-corrected chi connectivity index (χ0v) is 8.73. The van der Waals surface area contributed by atoms with Crippen LogP contribution in [0.15, 0.2) is 30.3 Å². The van der Waals surface area contributed by atoms with Crippen molar-refractivity contribution in [1.82, 2.24) is 5.32 Å². The third kappa shape index (κ3) is 3.14. The summed E-state index contributed by atoms with van der Waals surface area (Å²) in [6.45, 7) is 1.51. The molecule has 0 aliphatic heterocycles. The molecule has 1 aromatic carbocycles. The molecule has 4 nitrogen and oxygen atoms in total. The van der Waals surface area contributed by atoms with E-state index < -0.39 is 17.9 Å². The lowest BCUT2D eigenvalue weighted by atomic mass is 10.1. The van der Waals surface area contributed by atoms with E-state index in [-0.39, 0.29) is 0 Å². The van der Waals surface area contributed by atoms with Crippen molar-refractivity contribution >= 4 is 11.9 Å². The van der Waals surface area contributed by atoms with Crippen LogP contribution in [0.1, 0.15) is 18.5 Å². The van der Waals surface area contributed by atoms with Crippen LogP contribution in [-0.2, 0) is 9.59 Å². The summed E-state index contributed by atoms with van der Waals surface area (Å²) in [6.07, 6.45) is 0. The van der Waals surface area contributed by atoms with E-state index in [1.165, 1.54) is 6.92 Å². The van der Waals surface area contributed by atoms with Crippen molar-refractivity contribution in [2.75, 3.05) is 0 Å². The molecule has 0 aliphatic carbocycles. The number of carboxylic acid groups (broad SMARTS) is 1. The summed E-state index contributed by atoms with van der Waals surface area (Å²) in [4.78, 5) is 22.2. The van der Waals surface area contributed by atoms with Gasteiger partial charge >= 0.3 is 5.97 Å². The van der Waals surface area contributed by atoms with Crippen LogP contribution in [0.25, 0.3) is 0 Å². The van der Waals surface area contributed by atoms with E-state index in [0.29, 0.717) is 5.56 Å². The molecule has 2 N–H and O–H groups in total. The summed E-state index contributed by atoms with van der Waals surface area (Å²) >= 11 is 0. The number of amides is 1.